The molecule has 0 aromatic heterocycles. The number of hydrogen-bond donors (Lipinski definition) is 3. The fraction of sp³-hybridized carbons (Fsp3) is 0.231. The second kappa shape index (κ2) is 7.17. The first-order valence-electron chi connectivity index (χ1n) is 5.54. The summed E-state index contributed by atoms with van der Waals surface area (Å²) in [5, 5.41) is 14.2. The third kappa shape index (κ3) is 4.44. The Balaban J connectivity index is 2.79. The number of terminal acetylenes is 1. The fourth-order valence-electron chi connectivity index (χ4n) is 1.38. The molecule has 0 heterocycles. The van der Waals surface area contributed by atoms with Crippen molar-refractivity contribution in [1.29, 1.82) is 0 Å². The molecule has 0 saturated heterocycles. The molecule has 3 N–H and O–H groups in total. The number of urea groups is 1. The van der Waals surface area contributed by atoms with Gasteiger partial charge in [0.25, 0.3) is 0 Å². The van der Waals surface area contributed by atoms with E-state index in [1.807, 2.05) is 6.92 Å². The second-order valence-corrected chi connectivity index (χ2v) is 5.24. The molecule has 0 bridgehead atoms. The van der Waals surface area contributed by atoms with Crippen LogP contribution in [0.15, 0.2) is 16.6 Å². The molecule has 0 radical (unpaired) electrons. The van der Waals surface area contributed by atoms with Crippen LogP contribution in [0.2, 0.25) is 5.02 Å². The summed E-state index contributed by atoms with van der Waals surface area (Å²) in [7, 11) is 0. The number of halogens is 2. The molecule has 1 aromatic rings. The lowest BCUT2D eigenvalue weighted by Crippen LogP contribution is -2.42. The number of benzene rings is 1. The van der Waals surface area contributed by atoms with Gasteiger partial charge in [0.2, 0.25) is 0 Å². The normalized spacial score (nSPS) is 11.3. The first-order valence-corrected chi connectivity index (χ1v) is 6.71. The average molecular weight is 360 g/mol. The van der Waals surface area contributed by atoms with Crippen molar-refractivity contribution in [3.8, 4) is 12.3 Å². The van der Waals surface area contributed by atoms with Crippen LogP contribution in [0, 0.1) is 19.3 Å². The molecular weight excluding hydrogens is 348 g/mol. The smallest absolute Gasteiger partial charge is 0.327 e. The summed E-state index contributed by atoms with van der Waals surface area (Å²) < 4.78 is 0.637. The number of carbonyl (C=O) groups excluding carboxylic acids is 1. The van der Waals surface area contributed by atoms with Crippen LogP contribution in [0.1, 0.15) is 12.0 Å². The van der Waals surface area contributed by atoms with Crippen LogP contribution < -0.4 is 10.6 Å². The van der Waals surface area contributed by atoms with Gasteiger partial charge in [-0.1, -0.05) is 11.6 Å². The van der Waals surface area contributed by atoms with E-state index in [-0.39, 0.29) is 6.42 Å². The van der Waals surface area contributed by atoms with E-state index in [9.17, 15) is 9.59 Å². The molecule has 1 rings (SSSR count). The standard InChI is InChI=1S/C13H12BrClN2O3/c1-3-4-10(12(18)19)16-13(20)17-11-6-9(15)7(2)5-8(11)14/h1,5-6,10H,4H2,2H3,(H,18,19)(H2,16,17,20). The van der Waals surface area contributed by atoms with Crippen molar-refractivity contribution in [3.05, 3.63) is 27.2 Å². The molecule has 7 heteroatoms. The Morgan fingerprint density at radius 1 is 1.55 bits per heavy atom. The average Bonchev–Trinajstić information content (AvgIpc) is 2.35. The molecule has 2 amide bonds. The number of aryl methyl sites for hydroxylation is 1. The Kier molecular flexibility index (Phi) is 5.86. The van der Waals surface area contributed by atoms with Gasteiger partial charge in [0, 0.05) is 15.9 Å². The van der Waals surface area contributed by atoms with Crippen molar-refractivity contribution in [2.75, 3.05) is 5.32 Å². The molecule has 1 atom stereocenters. The number of aliphatic carboxylic acids is 1. The van der Waals surface area contributed by atoms with Gasteiger partial charge in [-0.05, 0) is 40.5 Å². The van der Waals surface area contributed by atoms with Crippen molar-refractivity contribution in [3.63, 3.8) is 0 Å². The van der Waals surface area contributed by atoms with Gasteiger partial charge in [0.15, 0.2) is 0 Å². The van der Waals surface area contributed by atoms with Crippen molar-refractivity contribution in [1.82, 2.24) is 5.32 Å². The molecule has 5 nitrogen and oxygen atoms in total. The first-order chi connectivity index (χ1) is 9.35. The molecule has 0 saturated carbocycles. The summed E-state index contributed by atoms with van der Waals surface area (Å²) >= 11 is 9.25. The number of nitrogens with one attached hydrogen (secondary N) is 2. The van der Waals surface area contributed by atoms with E-state index in [1.54, 1.807) is 12.1 Å². The molecule has 20 heavy (non-hydrogen) atoms. The number of carboxylic acid groups (broad SMARTS) is 1. The number of anilines is 1. The molecule has 1 aromatic carbocycles. The predicted molar refractivity (Wildman–Crippen MR) is 80.9 cm³/mol. The summed E-state index contributed by atoms with van der Waals surface area (Å²) in [6.07, 6.45) is 4.95. The number of rotatable bonds is 4. The Labute approximate surface area is 129 Å². The van der Waals surface area contributed by atoms with E-state index in [0.717, 1.165) is 5.56 Å². The van der Waals surface area contributed by atoms with Gasteiger partial charge in [0.05, 0.1) is 5.69 Å². The highest BCUT2D eigenvalue weighted by Gasteiger charge is 2.19. The van der Waals surface area contributed by atoms with Crippen molar-refractivity contribution in [2.24, 2.45) is 0 Å². The molecule has 0 spiro atoms. The van der Waals surface area contributed by atoms with Gasteiger partial charge in [-0.25, -0.2) is 9.59 Å². The Bertz CT molecular complexity index is 584. The summed E-state index contributed by atoms with van der Waals surface area (Å²) in [6, 6.07) is 1.50. The second-order valence-electron chi connectivity index (χ2n) is 3.98. The predicted octanol–water partition coefficient (Wildman–Crippen LogP) is 3.01. The summed E-state index contributed by atoms with van der Waals surface area (Å²) in [6.45, 7) is 1.82. The lowest BCUT2D eigenvalue weighted by molar-refractivity contribution is -0.139. The Hall–Kier alpha value is -1.71. The van der Waals surface area contributed by atoms with E-state index >= 15 is 0 Å². The van der Waals surface area contributed by atoms with Gasteiger partial charge >= 0.3 is 12.0 Å². The molecule has 106 valence electrons. The number of carboxylic acids is 1. The molecule has 1 unspecified atom stereocenters. The highest BCUT2D eigenvalue weighted by molar-refractivity contribution is 9.10. The fourth-order valence-corrected chi connectivity index (χ4v) is 2.10. The topological polar surface area (TPSA) is 78.4 Å². The Morgan fingerprint density at radius 3 is 2.75 bits per heavy atom. The van der Waals surface area contributed by atoms with E-state index in [2.05, 4.69) is 32.5 Å². The third-order valence-corrected chi connectivity index (χ3v) is 3.49. The van der Waals surface area contributed by atoms with Crippen molar-refractivity contribution < 1.29 is 14.7 Å². The summed E-state index contributed by atoms with van der Waals surface area (Å²) in [5.41, 5.74) is 1.28. The minimum absolute atomic E-state index is 0.0986. The maximum atomic E-state index is 11.7. The van der Waals surface area contributed by atoms with Crippen LogP contribution in [-0.2, 0) is 4.79 Å². The minimum Gasteiger partial charge on any atom is -0.480 e. The lowest BCUT2D eigenvalue weighted by Gasteiger charge is -2.14. The van der Waals surface area contributed by atoms with Crippen LogP contribution in [0.4, 0.5) is 10.5 Å². The quantitative estimate of drug-likeness (QED) is 0.723. The van der Waals surface area contributed by atoms with Crippen LogP contribution in [0.5, 0.6) is 0 Å². The summed E-state index contributed by atoms with van der Waals surface area (Å²) in [5.74, 6) is 0.997. The van der Waals surface area contributed by atoms with E-state index < -0.39 is 18.0 Å². The van der Waals surface area contributed by atoms with Crippen LogP contribution in [0.25, 0.3) is 0 Å². The van der Waals surface area contributed by atoms with Crippen molar-refractivity contribution >= 4 is 45.2 Å². The number of carbonyl (C=O) groups is 2. The molecule has 0 fully saturated rings. The minimum atomic E-state index is -1.20. The molecule has 0 aliphatic carbocycles. The zero-order valence-corrected chi connectivity index (χ0v) is 12.9. The highest BCUT2D eigenvalue weighted by atomic mass is 79.9. The van der Waals surface area contributed by atoms with Crippen molar-refractivity contribution in [2.45, 2.75) is 19.4 Å². The van der Waals surface area contributed by atoms with Gasteiger partial charge in [0.1, 0.15) is 6.04 Å². The maximum Gasteiger partial charge on any atom is 0.327 e. The molecule has 0 aliphatic heterocycles. The lowest BCUT2D eigenvalue weighted by atomic mass is 10.2. The highest BCUT2D eigenvalue weighted by Crippen LogP contribution is 2.29. The number of hydrogen-bond acceptors (Lipinski definition) is 2. The van der Waals surface area contributed by atoms with Crippen LogP contribution in [-0.4, -0.2) is 23.1 Å². The van der Waals surface area contributed by atoms with Gasteiger partial charge in [-0.3, -0.25) is 0 Å². The van der Waals surface area contributed by atoms with E-state index in [4.69, 9.17) is 23.1 Å². The van der Waals surface area contributed by atoms with Gasteiger partial charge in [-0.2, -0.15) is 0 Å². The van der Waals surface area contributed by atoms with Crippen LogP contribution >= 0.6 is 27.5 Å². The SMILES string of the molecule is C#CCC(NC(=O)Nc1cc(Cl)c(C)cc1Br)C(=O)O. The van der Waals surface area contributed by atoms with E-state index in [1.165, 1.54) is 0 Å². The largest absolute Gasteiger partial charge is 0.480 e. The summed E-state index contributed by atoms with van der Waals surface area (Å²) in [4.78, 5) is 22.6. The maximum absolute atomic E-state index is 11.7. The monoisotopic (exact) mass is 358 g/mol. The van der Waals surface area contributed by atoms with Gasteiger partial charge in [-0.15, -0.1) is 12.3 Å². The zero-order valence-electron chi connectivity index (χ0n) is 10.5. The number of amides is 2. The first kappa shape index (κ1) is 16.3. The third-order valence-electron chi connectivity index (χ3n) is 2.42. The van der Waals surface area contributed by atoms with Gasteiger partial charge < -0.3 is 15.7 Å². The molecular formula is C13H12BrClN2O3. The molecule has 0 aliphatic rings. The van der Waals surface area contributed by atoms with Crippen LogP contribution in [0.3, 0.4) is 0 Å². The Morgan fingerprint density at radius 2 is 2.20 bits per heavy atom. The zero-order chi connectivity index (χ0) is 15.3. The van der Waals surface area contributed by atoms with E-state index in [0.29, 0.717) is 15.2 Å².